The highest BCUT2D eigenvalue weighted by Gasteiger charge is 2.34. The zero-order chi connectivity index (χ0) is 10.9. The molecule has 0 aromatic carbocycles. The van der Waals surface area contributed by atoms with Gasteiger partial charge in [0.05, 0.1) is 0 Å². The molecule has 0 aliphatic heterocycles. The van der Waals surface area contributed by atoms with E-state index in [1.165, 1.54) is 0 Å². The zero-order valence-corrected chi connectivity index (χ0v) is 10.9. The van der Waals surface area contributed by atoms with E-state index < -0.39 is 0 Å². The summed E-state index contributed by atoms with van der Waals surface area (Å²) in [6.45, 7) is 12.4. The van der Waals surface area contributed by atoms with Crippen LogP contribution in [0.3, 0.4) is 0 Å². The van der Waals surface area contributed by atoms with Gasteiger partial charge in [0, 0.05) is 11.1 Å². The van der Waals surface area contributed by atoms with Crippen LogP contribution in [-0.4, -0.2) is 20.5 Å². The van der Waals surface area contributed by atoms with E-state index in [0.29, 0.717) is 0 Å². The van der Waals surface area contributed by atoms with Gasteiger partial charge in [-0.3, -0.25) is 0 Å². The van der Waals surface area contributed by atoms with Crippen molar-refractivity contribution in [1.82, 2.24) is 5.06 Å². The van der Waals surface area contributed by atoms with Gasteiger partial charge >= 0.3 is 0 Å². The molecule has 0 aliphatic carbocycles. The Morgan fingerprint density at radius 3 is 1.46 bits per heavy atom. The molecule has 0 amide bonds. The van der Waals surface area contributed by atoms with Crippen LogP contribution in [0, 0.1) is 0 Å². The molecule has 0 atom stereocenters. The SMILES string of the molecule is CC(C)(C)N(OC(=S)S)C(C)(C)C. The number of thiocarbonyl (C=S) groups is 1. The van der Waals surface area contributed by atoms with Crippen LogP contribution in [0.1, 0.15) is 41.5 Å². The lowest BCUT2D eigenvalue weighted by atomic mass is 10.00. The maximum absolute atomic E-state index is 5.41. The molecule has 2 nitrogen and oxygen atoms in total. The number of hydroxylamine groups is 2. The van der Waals surface area contributed by atoms with Crippen LogP contribution in [0.15, 0.2) is 0 Å². The summed E-state index contributed by atoms with van der Waals surface area (Å²) in [4.78, 5) is 5.41. The van der Waals surface area contributed by atoms with Crippen LogP contribution in [0.25, 0.3) is 0 Å². The molecule has 0 saturated carbocycles. The summed E-state index contributed by atoms with van der Waals surface area (Å²) in [5, 5.41) is 1.86. The minimum absolute atomic E-state index is 0.0922. The van der Waals surface area contributed by atoms with Gasteiger partial charge in [0.2, 0.25) is 4.38 Å². The fourth-order valence-electron chi connectivity index (χ4n) is 1.36. The summed E-state index contributed by atoms with van der Waals surface area (Å²) in [7, 11) is 0. The van der Waals surface area contributed by atoms with Gasteiger partial charge in [-0.05, 0) is 53.8 Å². The van der Waals surface area contributed by atoms with Gasteiger partial charge in [0.1, 0.15) is 0 Å². The number of hydrogen-bond acceptors (Lipinski definition) is 3. The molecule has 0 N–H and O–H groups in total. The summed E-state index contributed by atoms with van der Waals surface area (Å²) >= 11 is 8.78. The quantitative estimate of drug-likeness (QED) is 0.415. The minimum Gasteiger partial charge on any atom is -0.386 e. The normalized spacial score (nSPS) is 13.2. The van der Waals surface area contributed by atoms with Crippen LogP contribution in [0.2, 0.25) is 0 Å². The van der Waals surface area contributed by atoms with E-state index in [-0.39, 0.29) is 15.5 Å². The van der Waals surface area contributed by atoms with Crippen molar-refractivity contribution in [2.24, 2.45) is 0 Å². The first-order valence-corrected chi connectivity index (χ1v) is 5.12. The summed E-state index contributed by atoms with van der Waals surface area (Å²) in [6.07, 6.45) is 0. The van der Waals surface area contributed by atoms with Crippen molar-refractivity contribution in [3.8, 4) is 0 Å². The van der Waals surface area contributed by atoms with Crippen molar-refractivity contribution in [2.45, 2.75) is 52.6 Å². The van der Waals surface area contributed by atoms with Crippen LogP contribution in [-0.2, 0) is 4.84 Å². The molecule has 0 aromatic rings. The lowest BCUT2D eigenvalue weighted by molar-refractivity contribution is -0.192. The Kier molecular flexibility index (Phi) is 4.22. The van der Waals surface area contributed by atoms with E-state index in [1.54, 1.807) is 0 Å². The van der Waals surface area contributed by atoms with E-state index in [9.17, 15) is 0 Å². The van der Waals surface area contributed by atoms with E-state index >= 15 is 0 Å². The van der Waals surface area contributed by atoms with Gasteiger partial charge in [-0.2, -0.15) is 0 Å². The predicted molar refractivity (Wildman–Crippen MR) is 64.0 cm³/mol. The Bertz CT molecular complexity index is 177. The molecule has 0 rings (SSSR count). The van der Waals surface area contributed by atoms with Crippen LogP contribution >= 0.6 is 24.8 Å². The number of hydrogen-bond donors (Lipinski definition) is 1. The molecular formula is C9H19NOS2. The maximum atomic E-state index is 5.41. The number of rotatable bonds is 1. The van der Waals surface area contributed by atoms with Crippen molar-refractivity contribution >= 4 is 29.2 Å². The van der Waals surface area contributed by atoms with E-state index in [1.807, 2.05) is 5.06 Å². The molecule has 0 bridgehead atoms. The van der Waals surface area contributed by atoms with Crippen LogP contribution < -0.4 is 0 Å². The molecule has 0 spiro atoms. The fourth-order valence-corrected chi connectivity index (χ4v) is 1.51. The second-order valence-electron chi connectivity index (χ2n) is 4.99. The van der Waals surface area contributed by atoms with Gasteiger partial charge in [-0.1, -0.05) is 12.6 Å². The summed E-state index contributed by atoms with van der Waals surface area (Å²) in [5.41, 5.74) is -0.184. The monoisotopic (exact) mass is 221 g/mol. The summed E-state index contributed by atoms with van der Waals surface area (Å²) in [5.74, 6) is 0. The highest BCUT2D eigenvalue weighted by Crippen LogP contribution is 2.25. The Labute approximate surface area is 92.0 Å². The second kappa shape index (κ2) is 4.15. The third-order valence-electron chi connectivity index (χ3n) is 1.39. The molecule has 0 unspecified atom stereocenters. The smallest absolute Gasteiger partial charge is 0.242 e. The Morgan fingerprint density at radius 2 is 1.38 bits per heavy atom. The van der Waals surface area contributed by atoms with Crippen LogP contribution in [0.5, 0.6) is 0 Å². The highest BCUT2D eigenvalue weighted by molar-refractivity contribution is 8.10. The molecular weight excluding hydrogens is 202 g/mol. The maximum Gasteiger partial charge on any atom is 0.242 e. The zero-order valence-electron chi connectivity index (χ0n) is 9.21. The molecule has 0 aromatic heterocycles. The average Bonchev–Trinajstić information content (AvgIpc) is 1.77. The lowest BCUT2D eigenvalue weighted by Crippen LogP contribution is -2.52. The molecule has 78 valence electrons. The first kappa shape index (κ1) is 13.2. The fraction of sp³-hybridized carbons (Fsp3) is 0.889. The first-order valence-electron chi connectivity index (χ1n) is 4.26. The minimum atomic E-state index is -0.0922. The van der Waals surface area contributed by atoms with Gasteiger partial charge in [0.15, 0.2) is 0 Å². The topological polar surface area (TPSA) is 12.5 Å². The van der Waals surface area contributed by atoms with Crippen LogP contribution in [0.4, 0.5) is 0 Å². The predicted octanol–water partition coefficient (Wildman–Crippen LogP) is 3.03. The van der Waals surface area contributed by atoms with Crippen molar-refractivity contribution in [2.75, 3.05) is 0 Å². The molecule has 13 heavy (non-hydrogen) atoms. The van der Waals surface area contributed by atoms with Gasteiger partial charge in [0.25, 0.3) is 0 Å². The number of nitrogens with zero attached hydrogens (tertiary/aromatic N) is 1. The first-order chi connectivity index (χ1) is 5.55. The van der Waals surface area contributed by atoms with Crippen molar-refractivity contribution in [1.29, 1.82) is 0 Å². The van der Waals surface area contributed by atoms with E-state index in [4.69, 9.17) is 17.1 Å². The Balaban J connectivity index is 4.68. The second-order valence-corrected chi connectivity index (χ2v) is 6.07. The van der Waals surface area contributed by atoms with Crippen molar-refractivity contribution < 1.29 is 4.84 Å². The highest BCUT2D eigenvalue weighted by atomic mass is 32.1. The number of thiol groups is 1. The van der Waals surface area contributed by atoms with E-state index in [2.05, 4.69) is 54.2 Å². The summed E-state index contributed by atoms with van der Waals surface area (Å²) in [6, 6.07) is 0. The largest absolute Gasteiger partial charge is 0.386 e. The molecule has 0 fully saturated rings. The van der Waals surface area contributed by atoms with Gasteiger partial charge in [-0.15, -0.1) is 5.06 Å². The molecule has 0 aliphatic rings. The standard InChI is InChI=1S/C9H19NOS2/c1-8(2,3)10(9(4,5)6)11-7(12)13/h1-6H3,(H,12,13). The van der Waals surface area contributed by atoms with Gasteiger partial charge in [-0.25, -0.2) is 0 Å². The van der Waals surface area contributed by atoms with Gasteiger partial charge < -0.3 is 4.84 Å². The molecule has 0 radical (unpaired) electrons. The third kappa shape index (κ3) is 4.84. The molecule has 0 heterocycles. The average molecular weight is 221 g/mol. The molecule has 0 saturated heterocycles. The Hall–Kier alpha value is 0.200. The summed E-state index contributed by atoms with van der Waals surface area (Å²) < 4.78 is 0.254. The van der Waals surface area contributed by atoms with Crippen molar-refractivity contribution in [3.63, 3.8) is 0 Å². The van der Waals surface area contributed by atoms with E-state index in [0.717, 1.165) is 0 Å². The van der Waals surface area contributed by atoms with Crippen molar-refractivity contribution in [3.05, 3.63) is 0 Å². The molecule has 4 heteroatoms. The third-order valence-corrected chi connectivity index (χ3v) is 1.54. The Morgan fingerprint density at radius 1 is 1.08 bits per heavy atom. The lowest BCUT2D eigenvalue weighted by Gasteiger charge is -2.42.